The van der Waals surface area contributed by atoms with Gasteiger partial charge in [-0.3, -0.25) is 0 Å². The number of para-hydroxylation sites is 1. The number of benzene rings is 1. The molecule has 0 bridgehead atoms. The zero-order chi connectivity index (χ0) is 17.2. The predicted octanol–water partition coefficient (Wildman–Crippen LogP) is 1.02. The van der Waals surface area contributed by atoms with Gasteiger partial charge in [-0.1, -0.05) is 18.2 Å². The highest BCUT2D eigenvalue weighted by molar-refractivity contribution is 5.81. The molecule has 2 N–H and O–H groups in total. The van der Waals surface area contributed by atoms with Gasteiger partial charge in [0.1, 0.15) is 17.5 Å². The summed E-state index contributed by atoms with van der Waals surface area (Å²) in [5, 5.41) is 23.1. The van der Waals surface area contributed by atoms with Crippen LogP contribution in [0.2, 0.25) is 0 Å². The van der Waals surface area contributed by atoms with Gasteiger partial charge in [-0.05, 0) is 19.9 Å². The van der Waals surface area contributed by atoms with E-state index in [0.29, 0.717) is 32.3 Å². The second-order valence-electron chi connectivity index (χ2n) is 6.45. The van der Waals surface area contributed by atoms with Crippen molar-refractivity contribution in [3.8, 4) is 11.9 Å². The molecular formula is C17H22N4O3. The molecular weight excluding hydrogens is 308 g/mol. The number of aliphatic imine (C=N–C) groups is 1. The molecule has 7 heteroatoms. The number of aliphatic hydroxyl groups excluding tert-OH is 1. The highest BCUT2D eigenvalue weighted by Gasteiger charge is 2.43. The summed E-state index contributed by atoms with van der Waals surface area (Å²) in [5.41, 5.74) is 0.0950. The molecule has 7 nitrogen and oxygen atoms in total. The van der Waals surface area contributed by atoms with E-state index in [9.17, 15) is 5.11 Å². The maximum absolute atomic E-state index is 10.8. The SMILES string of the molecule is CC1(C)Oc2ccccc2C(NC(=NC#N)N2CCOCC2)C1O. The summed E-state index contributed by atoms with van der Waals surface area (Å²) in [5.74, 6) is 1.18. The van der Waals surface area contributed by atoms with E-state index in [2.05, 4.69) is 10.3 Å². The van der Waals surface area contributed by atoms with Gasteiger partial charge in [0.25, 0.3) is 0 Å². The minimum absolute atomic E-state index is 0.417. The monoisotopic (exact) mass is 330 g/mol. The lowest BCUT2D eigenvalue weighted by Gasteiger charge is -2.43. The van der Waals surface area contributed by atoms with Gasteiger partial charge in [-0.2, -0.15) is 5.26 Å². The maximum Gasteiger partial charge on any atom is 0.210 e. The van der Waals surface area contributed by atoms with E-state index >= 15 is 0 Å². The van der Waals surface area contributed by atoms with Crippen molar-refractivity contribution < 1.29 is 14.6 Å². The summed E-state index contributed by atoms with van der Waals surface area (Å²) in [6, 6.07) is 7.18. The Bertz CT molecular complexity index is 662. The fraction of sp³-hybridized carbons (Fsp3) is 0.529. The van der Waals surface area contributed by atoms with Gasteiger partial charge in [0.2, 0.25) is 12.2 Å². The molecule has 2 atom stereocenters. The molecule has 1 fully saturated rings. The Labute approximate surface area is 141 Å². The smallest absolute Gasteiger partial charge is 0.210 e. The number of morpholine rings is 1. The molecule has 0 spiro atoms. The van der Waals surface area contributed by atoms with Gasteiger partial charge in [0.15, 0.2) is 0 Å². The molecule has 3 rings (SSSR count). The van der Waals surface area contributed by atoms with Crippen molar-refractivity contribution in [2.24, 2.45) is 4.99 Å². The molecule has 2 heterocycles. The minimum Gasteiger partial charge on any atom is -0.485 e. The predicted molar refractivity (Wildman–Crippen MR) is 88.5 cm³/mol. The molecule has 0 radical (unpaired) electrons. The van der Waals surface area contributed by atoms with E-state index in [-0.39, 0.29) is 0 Å². The fourth-order valence-electron chi connectivity index (χ4n) is 3.06. The number of ether oxygens (including phenoxy) is 2. The Kier molecular flexibility index (Phi) is 4.60. The number of fused-ring (bicyclic) bond motifs is 1. The quantitative estimate of drug-likeness (QED) is 0.454. The topological polar surface area (TPSA) is 90.1 Å². The summed E-state index contributed by atoms with van der Waals surface area (Å²) in [6.07, 6.45) is 1.05. The van der Waals surface area contributed by atoms with Crippen molar-refractivity contribution in [2.75, 3.05) is 26.3 Å². The van der Waals surface area contributed by atoms with Gasteiger partial charge >= 0.3 is 0 Å². The van der Waals surface area contributed by atoms with E-state index in [0.717, 1.165) is 11.3 Å². The van der Waals surface area contributed by atoms with Crippen molar-refractivity contribution in [1.29, 1.82) is 5.26 Å². The molecule has 24 heavy (non-hydrogen) atoms. The van der Waals surface area contributed by atoms with Crippen LogP contribution in [0.1, 0.15) is 25.5 Å². The lowest BCUT2D eigenvalue weighted by Crippen LogP contribution is -2.56. The van der Waals surface area contributed by atoms with E-state index in [1.54, 1.807) is 0 Å². The van der Waals surface area contributed by atoms with Crippen LogP contribution in [0.4, 0.5) is 0 Å². The van der Waals surface area contributed by atoms with E-state index < -0.39 is 17.7 Å². The number of rotatable bonds is 1. The van der Waals surface area contributed by atoms with Crippen molar-refractivity contribution in [3.63, 3.8) is 0 Å². The Balaban J connectivity index is 1.91. The first-order valence-corrected chi connectivity index (χ1v) is 8.05. The highest BCUT2D eigenvalue weighted by Crippen LogP contribution is 2.39. The van der Waals surface area contributed by atoms with Gasteiger partial charge in [-0.15, -0.1) is 4.99 Å². The van der Waals surface area contributed by atoms with Crippen LogP contribution in [0.25, 0.3) is 0 Å². The zero-order valence-corrected chi connectivity index (χ0v) is 13.9. The molecule has 2 unspecified atom stereocenters. The lowest BCUT2D eigenvalue weighted by molar-refractivity contribution is -0.0618. The standard InChI is InChI=1S/C17H22N4O3/c1-17(2)15(22)14(12-5-3-4-6-13(12)24-17)20-16(19-11-18)21-7-9-23-10-8-21/h3-6,14-15,22H,7-10H2,1-2H3,(H,19,20). The van der Waals surface area contributed by atoms with Gasteiger partial charge < -0.3 is 24.8 Å². The van der Waals surface area contributed by atoms with Gasteiger partial charge in [0, 0.05) is 18.7 Å². The highest BCUT2D eigenvalue weighted by atomic mass is 16.5. The third-order valence-electron chi connectivity index (χ3n) is 4.41. The molecule has 2 aliphatic heterocycles. The lowest BCUT2D eigenvalue weighted by atomic mass is 9.86. The van der Waals surface area contributed by atoms with E-state index in [1.807, 2.05) is 49.2 Å². The largest absolute Gasteiger partial charge is 0.485 e. The molecule has 0 aromatic heterocycles. The van der Waals surface area contributed by atoms with Crippen LogP contribution >= 0.6 is 0 Å². The zero-order valence-electron chi connectivity index (χ0n) is 13.9. The average Bonchev–Trinajstić information content (AvgIpc) is 2.58. The van der Waals surface area contributed by atoms with Crippen LogP contribution in [0.15, 0.2) is 29.3 Å². The van der Waals surface area contributed by atoms with Crippen LogP contribution in [0, 0.1) is 11.5 Å². The maximum atomic E-state index is 10.8. The second kappa shape index (κ2) is 6.67. The van der Waals surface area contributed by atoms with Gasteiger partial charge in [0.05, 0.1) is 19.3 Å². The van der Waals surface area contributed by atoms with Crippen LogP contribution in [0.3, 0.4) is 0 Å². The molecule has 1 aromatic rings. The third-order valence-corrected chi connectivity index (χ3v) is 4.41. The molecule has 1 aromatic carbocycles. The summed E-state index contributed by atoms with van der Waals surface area (Å²) < 4.78 is 11.3. The van der Waals surface area contributed by atoms with Crippen molar-refractivity contribution in [2.45, 2.75) is 31.6 Å². The summed E-state index contributed by atoms with van der Waals surface area (Å²) >= 11 is 0. The molecule has 0 aliphatic carbocycles. The number of aliphatic hydroxyl groups is 1. The number of nitrogens with one attached hydrogen (secondary N) is 1. The van der Waals surface area contributed by atoms with Gasteiger partial charge in [-0.25, -0.2) is 0 Å². The first kappa shape index (κ1) is 16.6. The van der Waals surface area contributed by atoms with E-state index in [1.165, 1.54) is 0 Å². The van der Waals surface area contributed by atoms with Crippen molar-refractivity contribution in [3.05, 3.63) is 29.8 Å². The minimum atomic E-state index is -0.794. The summed E-state index contributed by atoms with van der Waals surface area (Å²) in [4.78, 5) is 5.89. The molecule has 0 amide bonds. The number of guanidine groups is 1. The average molecular weight is 330 g/mol. The van der Waals surface area contributed by atoms with Crippen molar-refractivity contribution >= 4 is 5.96 Å². The van der Waals surface area contributed by atoms with Crippen molar-refractivity contribution in [1.82, 2.24) is 10.2 Å². The molecule has 2 aliphatic rings. The summed E-state index contributed by atoms with van der Waals surface area (Å²) in [6.45, 7) is 6.17. The van der Waals surface area contributed by atoms with E-state index in [4.69, 9.17) is 14.7 Å². The Morgan fingerprint density at radius 3 is 2.79 bits per heavy atom. The second-order valence-corrected chi connectivity index (χ2v) is 6.45. The first-order valence-electron chi connectivity index (χ1n) is 8.05. The molecule has 128 valence electrons. The number of hydrogen-bond acceptors (Lipinski definition) is 5. The number of hydrogen-bond donors (Lipinski definition) is 2. The third kappa shape index (κ3) is 3.16. The Hall–Kier alpha value is -2.30. The Morgan fingerprint density at radius 1 is 1.38 bits per heavy atom. The summed E-state index contributed by atoms with van der Waals surface area (Å²) in [7, 11) is 0. The molecule has 0 saturated carbocycles. The normalized spacial score (nSPS) is 26.1. The van der Waals surface area contributed by atoms with Crippen LogP contribution < -0.4 is 10.1 Å². The molecule has 1 saturated heterocycles. The Morgan fingerprint density at radius 2 is 2.08 bits per heavy atom. The number of nitriles is 1. The fourth-order valence-corrected chi connectivity index (χ4v) is 3.06. The first-order chi connectivity index (χ1) is 11.5. The number of nitrogens with zero attached hydrogens (tertiary/aromatic N) is 3. The van der Waals surface area contributed by atoms with Crippen LogP contribution in [-0.4, -0.2) is 54.0 Å². The van der Waals surface area contributed by atoms with Crippen LogP contribution in [0.5, 0.6) is 5.75 Å². The van der Waals surface area contributed by atoms with Crippen LogP contribution in [-0.2, 0) is 4.74 Å².